The molecule has 1 N–H and O–H groups in total. The molecule has 160 valence electrons. The highest BCUT2D eigenvalue weighted by Crippen LogP contribution is 2.17. The maximum Gasteiger partial charge on any atom is 0.306 e. The Hall–Kier alpha value is -3.18. The summed E-state index contributed by atoms with van der Waals surface area (Å²) >= 11 is 0. The van der Waals surface area contributed by atoms with E-state index in [4.69, 9.17) is 14.7 Å². The number of aromatic nitrogens is 2. The van der Waals surface area contributed by atoms with Crippen molar-refractivity contribution in [1.82, 2.24) is 9.55 Å². The van der Waals surface area contributed by atoms with Crippen LogP contribution < -0.4 is 5.56 Å². The first-order valence-electron chi connectivity index (χ1n) is 9.68. The monoisotopic (exact) mass is 413 g/mol. The number of methoxy groups -OCH3 is 1. The number of Topliss-reactive ketones (excluding diaryl/α,β-unsaturated/α-hetero) is 1. The van der Waals surface area contributed by atoms with Gasteiger partial charge >= 0.3 is 5.97 Å². The van der Waals surface area contributed by atoms with E-state index in [1.807, 2.05) is 24.5 Å². The first kappa shape index (κ1) is 23.1. The molecule has 0 fully saturated rings. The van der Waals surface area contributed by atoms with Crippen molar-refractivity contribution < 1.29 is 19.1 Å². The number of carbonyl (C=O) groups excluding carboxylic acids is 2. The lowest BCUT2D eigenvalue weighted by atomic mass is 9.99. The SMILES string of the molecule is COCCn1c(C)cc(C(=O)COC(=O)CCc2c(C)[nH]c(=O)c(C#N)c2C)c1C. The summed E-state index contributed by atoms with van der Waals surface area (Å²) in [6, 6.07) is 3.68. The molecule has 0 saturated heterocycles. The first-order chi connectivity index (χ1) is 14.2. The molecule has 0 radical (unpaired) electrons. The highest BCUT2D eigenvalue weighted by molar-refractivity contribution is 5.99. The summed E-state index contributed by atoms with van der Waals surface area (Å²) in [5.74, 6) is -0.775. The Morgan fingerprint density at radius 1 is 1.23 bits per heavy atom. The fourth-order valence-corrected chi connectivity index (χ4v) is 3.55. The van der Waals surface area contributed by atoms with Gasteiger partial charge in [0.1, 0.15) is 11.6 Å². The van der Waals surface area contributed by atoms with Gasteiger partial charge in [0, 0.05) is 42.7 Å². The molecule has 2 rings (SSSR count). The smallest absolute Gasteiger partial charge is 0.306 e. The number of aromatic amines is 1. The van der Waals surface area contributed by atoms with Crippen LogP contribution in [0.3, 0.4) is 0 Å². The summed E-state index contributed by atoms with van der Waals surface area (Å²) in [5.41, 5.74) is 3.80. The Kier molecular flexibility index (Phi) is 7.72. The van der Waals surface area contributed by atoms with Gasteiger partial charge in [-0.25, -0.2) is 0 Å². The third kappa shape index (κ3) is 5.05. The van der Waals surface area contributed by atoms with E-state index in [9.17, 15) is 14.4 Å². The van der Waals surface area contributed by atoms with Gasteiger partial charge in [-0.3, -0.25) is 14.4 Å². The number of esters is 1. The summed E-state index contributed by atoms with van der Waals surface area (Å²) in [7, 11) is 1.62. The Bertz CT molecular complexity index is 1060. The van der Waals surface area contributed by atoms with E-state index in [-0.39, 0.29) is 24.4 Å². The summed E-state index contributed by atoms with van der Waals surface area (Å²) < 4.78 is 12.3. The number of nitriles is 1. The molecular formula is C22H27N3O5. The number of H-pyrrole nitrogens is 1. The van der Waals surface area contributed by atoms with E-state index >= 15 is 0 Å². The molecule has 30 heavy (non-hydrogen) atoms. The number of hydrogen-bond donors (Lipinski definition) is 1. The predicted molar refractivity (Wildman–Crippen MR) is 111 cm³/mol. The molecule has 2 aromatic heterocycles. The minimum absolute atomic E-state index is 0.0404. The molecule has 0 amide bonds. The van der Waals surface area contributed by atoms with Crippen molar-refractivity contribution in [3.05, 3.63) is 55.8 Å². The standard InChI is InChI=1S/C22H27N3O5/c1-13-10-18(16(4)25(13)8-9-29-5)20(26)12-30-21(27)7-6-17-14(2)19(11-23)22(28)24-15(17)3/h10H,6-9,12H2,1-5H3,(H,24,28). The number of nitrogens with zero attached hydrogens (tertiary/aromatic N) is 2. The second-order valence-electron chi connectivity index (χ2n) is 7.18. The van der Waals surface area contributed by atoms with Crippen molar-refractivity contribution >= 4 is 11.8 Å². The second kappa shape index (κ2) is 10.0. The zero-order chi connectivity index (χ0) is 22.4. The molecule has 0 saturated carbocycles. The normalized spacial score (nSPS) is 10.7. The molecule has 0 bridgehead atoms. The molecule has 8 nitrogen and oxygen atoms in total. The Morgan fingerprint density at radius 2 is 1.93 bits per heavy atom. The maximum atomic E-state index is 12.5. The minimum atomic E-state index is -0.514. The van der Waals surface area contributed by atoms with Crippen LogP contribution >= 0.6 is 0 Å². The van der Waals surface area contributed by atoms with Gasteiger partial charge in [0.2, 0.25) is 5.78 Å². The lowest BCUT2D eigenvalue weighted by Gasteiger charge is -2.11. The topological polar surface area (TPSA) is 114 Å². The van der Waals surface area contributed by atoms with E-state index in [1.165, 1.54) is 0 Å². The van der Waals surface area contributed by atoms with Crippen LogP contribution in [0.25, 0.3) is 0 Å². The number of nitrogens with one attached hydrogen (secondary N) is 1. The number of hydrogen-bond acceptors (Lipinski definition) is 6. The van der Waals surface area contributed by atoms with Crippen molar-refractivity contribution in [3.63, 3.8) is 0 Å². The van der Waals surface area contributed by atoms with Crippen molar-refractivity contribution in [3.8, 4) is 6.07 Å². The lowest BCUT2D eigenvalue weighted by Crippen LogP contribution is -2.18. The van der Waals surface area contributed by atoms with Crippen LogP contribution in [0.4, 0.5) is 0 Å². The Labute approximate surface area is 175 Å². The molecule has 2 heterocycles. The van der Waals surface area contributed by atoms with Gasteiger partial charge in [0.25, 0.3) is 5.56 Å². The van der Waals surface area contributed by atoms with Gasteiger partial charge < -0.3 is 19.0 Å². The van der Waals surface area contributed by atoms with Crippen molar-refractivity contribution in [1.29, 1.82) is 5.26 Å². The molecule has 0 unspecified atom stereocenters. The van der Waals surface area contributed by atoms with E-state index in [0.29, 0.717) is 36.4 Å². The fourth-order valence-electron chi connectivity index (χ4n) is 3.55. The summed E-state index contributed by atoms with van der Waals surface area (Å²) in [4.78, 5) is 39.1. The third-order valence-corrected chi connectivity index (χ3v) is 5.26. The molecule has 0 atom stereocenters. The van der Waals surface area contributed by atoms with Crippen LogP contribution in [-0.2, 0) is 27.2 Å². The molecule has 0 aromatic carbocycles. The quantitative estimate of drug-likeness (QED) is 0.498. The number of ketones is 1. The average Bonchev–Trinajstić information content (AvgIpc) is 2.98. The van der Waals surface area contributed by atoms with Crippen LogP contribution in [0.2, 0.25) is 0 Å². The second-order valence-corrected chi connectivity index (χ2v) is 7.18. The number of rotatable bonds is 9. The van der Waals surface area contributed by atoms with Gasteiger partial charge in [0.15, 0.2) is 6.61 Å². The number of aryl methyl sites for hydroxylation is 2. The molecule has 0 aliphatic rings. The van der Waals surface area contributed by atoms with Crippen molar-refractivity contribution in [2.45, 2.75) is 47.1 Å². The zero-order valence-corrected chi connectivity index (χ0v) is 18.0. The van der Waals surface area contributed by atoms with E-state index in [0.717, 1.165) is 17.0 Å². The number of pyridine rings is 1. The lowest BCUT2D eigenvalue weighted by molar-refractivity contribution is -0.142. The van der Waals surface area contributed by atoms with Crippen LogP contribution in [0, 0.1) is 39.0 Å². The molecule has 0 aliphatic heterocycles. The van der Waals surface area contributed by atoms with Gasteiger partial charge in [-0.1, -0.05) is 0 Å². The van der Waals surface area contributed by atoms with Gasteiger partial charge in [-0.05, 0) is 51.3 Å². The minimum Gasteiger partial charge on any atom is -0.457 e. The van der Waals surface area contributed by atoms with E-state index in [1.54, 1.807) is 27.0 Å². The zero-order valence-electron chi connectivity index (χ0n) is 18.0. The summed E-state index contributed by atoms with van der Waals surface area (Å²) in [6.07, 6.45) is 0.348. The Morgan fingerprint density at radius 3 is 2.57 bits per heavy atom. The summed E-state index contributed by atoms with van der Waals surface area (Å²) in [5, 5.41) is 9.13. The van der Waals surface area contributed by atoms with Gasteiger partial charge in [-0.15, -0.1) is 0 Å². The Balaban J connectivity index is 1.99. The van der Waals surface area contributed by atoms with Crippen LogP contribution in [0.5, 0.6) is 0 Å². The van der Waals surface area contributed by atoms with Crippen LogP contribution in [0.15, 0.2) is 10.9 Å². The predicted octanol–water partition coefficient (Wildman–Crippen LogP) is 2.29. The molecule has 2 aromatic rings. The highest BCUT2D eigenvalue weighted by atomic mass is 16.5. The average molecular weight is 413 g/mol. The number of carbonyl (C=O) groups is 2. The molecular weight excluding hydrogens is 386 g/mol. The molecule has 0 spiro atoms. The molecule has 8 heteroatoms. The van der Waals surface area contributed by atoms with Crippen LogP contribution in [-0.4, -0.2) is 41.6 Å². The van der Waals surface area contributed by atoms with E-state index in [2.05, 4.69) is 4.98 Å². The maximum absolute atomic E-state index is 12.5. The first-order valence-corrected chi connectivity index (χ1v) is 9.68. The van der Waals surface area contributed by atoms with Crippen molar-refractivity contribution in [2.24, 2.45) is 0 Å². The largest absolute Gasteiger partial charge is 0.457 e. The van der Waals surface area contributed by atoms with Gasteiger partial charge in [-0.2, -0.15) is 5.26 Å². The summed E-state index contributed by atoms with van der Waals surface area (Å²) in [6.45, 7) is 8.02. The van der Waals surface area contributed by atoms with E-state index < -0.39 is 11.5 Å². The third-order valence-electron chi connectivity index (χ3n) is 5.26. The number of ether oxygens (including phenoxy) is 2. The molecule has 0 aliphatic carbocycles. The van der Waals surface area contributed by atoms with Gasteiger partial charge in [0.05, 0.1) is 6.61 Å². The fraction of sp³-hybridized carbons (Fsp3) is 0.455. The highest BCUT2D eigenvalue weighted by Gasteiger charge is 2.18. The van der Waals surface area contributed by atoms with Crippen molar-refractivity contribution in [2.75, 3.05) is 20.3 Å². The van der Waals surface area contributed by atoms with Crippen LogP contribution in [0.1, 0.15) is 50.6 Å².